The molecule has 30 heavy (non-hydrogen) atoms. The first-order valence-corrected chi connectivity index (χ1v) is 11.6. The van der Waals surface area contributed by atoms with Crippen LogP contribution in [-0.4, -0.2) is 61.7 Å². The van der Waals surface area contributed by atoms with E-state index in [1.165, 1.54) is 6.20 Å². The molecule has 0 aromatic carbocycles. The quantitative estimate of drug-likeness (QED) is 0.555. The van der Waals surface area contributed by atoms with Gasteiger partial charge in [0.05, 0.1) is 24.5 Å². The Bertz CT molecular complexity index is 970. The Labute approximate surface area is 178 Å². The number of nitrogens with one attached hydrogen (secondary N) is 3. The number of amides is 1. The average molecular weight is 459 g/mol. The van der Waals surface area contributed by atoms with Crippen LogP contribution in [0.3, 0.4) is 0 Å². The SMILES string of the molecule is N#CCS(=O)(=O)N[C@H]1CC[C@H](NC(=O)O[C@@H]2CCN(c3cn[nH]c(=O)c3Cl)C2)CC1. The molecule has 164 valence electrons. The van der Waals surface area contributed by atoms with Crippen LogP contribution in [0, 0.1) is 11.3 Å². The lowest BCUT2D eigenvalue weighted by Crippen LogP contribution is -2.45. The number of sulfonamides is 1. The van der Waals surface area contributed by atoms with Gasteiger partial charge in [0, 0.05) is 25.0 Å². The number of nitriles is 1. The molecule has 1 aromatic heterocycles. The van der Waals surface area contributed by atoms with Crippen LogP contribution in [0.4, 0.5) is 10.5 Å². The van der Waals surface area contributed by atoms with Crippen LogP contribution in [0.1, 0.15) is 32.1 Å². The molecular formula is C17H23ClN6O5S. The first-order chi connectivity index (χ1) is 14.3. The third-order valence-corrected chi connectivity index (χ3v) is 6.75. The molecular weight excluding hydrogens is 436 g/mol. The fraction of sp³-hybridized carbons (Fsp3) is 0.647. The molecule has 1 saturated carbocycles. The highest BCUT2D eigenvalue weighted by atomic mass is 35.5. The van der Waals surface area contributed by atoms with E-state index in [2.05, 4.69) is 20.2 Å². The Kier molecular flexibility index (Phi) is 7.17. The van der Waals surface area contributed by atoms with Gasteiger partial charge in [-0.1, -0.05) is 11.6 Å². The second kappa shape index (κ2) is 9.63. The highest BCUT2D eigenvalue weighted by molar-refractivity contribution is 7.89. The zero-order valence-corrected chi connectivity index (χ0v) is 17.7. The molecule has 0 unspecified atom stereocenters. The van der Waals surface area contributed by atoms with Crippen molar-refractivity contribution in [3.63, 3.8) is 0 Å². The third kappa shape index (κ3) is 5.84. The molecule has 3 rings (SSSR count). The molecule has 1 amide bonds. The number of carbonyl (C=O) groups excluding carboxylic acids is 1. The number of ether oxygens (including phenoxy) is 1. The standard InChI is InChI=1S/C17H23ClN6O5S/c18-15-14(9-20-22-16(15)25)24-7-5-13(10-24)29-17(26)21-11-1-3-12(4-2-11)23-30(27,28)8-6-19/h9,11-13,23H,1-5,7-8,10H2,(H,21,26)(H,22,25)/t11-,12-,13-/m1/s1. The van der Waals surface area contributed by atoms with Gasteiger partial charge in [0.25, 0.3) is 5.56 Å². The van der Waals surface area contributed by atoms with Gasteiger partial charge in [-0.2, -0.15) is 10.4 Å². The maximum absolute atomic E-state index is 12.2. The van der Waals surface area contributed by atoms with Crippen LogP contribution in [0.25, 0.3) is 0 Å². The molecule has 2 heterocycles. The number of halogens is 1. The summed E-state index contributed by atoms with van der Waals surface area (Å²) in [5.74, 6) is -0.561. The number of nitrogens with zero attached hydrogens (tertiary/aromatic N) is 3. The number of carbonyl (C=O) groups is 1. The molecule has 13 heteroatoms. The van der Waals surface area contributed by atoms with Crippen molar-refractivity contribution in [3.05, 3.63) is 21.6 Å². The van der Waals surface area contributed by atoms with Gasteiger partial charge in [-0.15, -0.1) is 0 Å². The van der Waals surface area contributed by atoms with Gasteiger partial charge in [-0.05, 0) is 25.7 Å². The van der Waals surface area contributed by atoms with Crippen LogP contribution in [0.15, 0.2) is 11.0 Å². The van der Waals surface area contributed by atoms with Crippen LogP contribution < -0.4 is 20.5 Å². The lowest BCUT2D eigenvalue weighted by Gasteiger charge is -2.29. The fourth-order valence-corrected chi connectivity index (χ4v) is 4.93. The lowest BCUT2D eigenvalue weighted by atomic mass is 9.92. The second-order valence-corrected chi connectivity index (χ2v) is 9.52. The Balaban J connectivity index is 1.42. The summed E-state index contributed by atoms with van der Waals surface area (Å²) < 4.78 is 31.3. The topological polar surface area (TPSA) is 157 Å². The summed E-state index contributed by atoms with van der Waals surface area (Å²) in [4.78, 5) is 25.7. The Morgan fingerprint density at radius 1 is 1.33 bits per heavy atom. The predicted molar refractivity (Wildman–Crippen MR) is 109 cm³/mol. The van der Waals surface area contributed by atoms with Crippen molar-refractivity contribution in [2.24, 2.45) is 0 Å². The monoisotopic (exact) mass is 458 g/mol. The van der Waals surface area contributed by atoms with Gasteiger partial charge >= 0.3 is 6.09 Å². The van der Waals surface area contributed by atoms with Crippen molar-refractivity contribution in [1.82, 2.24) is 20.2 Å². The van der Waals surface area contributed by atoms with Gasteiger partial charge in [-0.3, -0.25) is 4.79 Å². The van der Waals surface area contributed by atoms with Gasteiger partial charge in [0.2, 0.25) is 10.0 Å². The minimum absolute atomic E-state index is 0.0530. The maximum Gasteiger partial charge on any atom is 0.407 e. The van der Waals surface area contributed by atoms with Gasteiger partial charge in [0.1, 0.15) is 11.1 Å². The largest absolute Gasteiger partial charge is 0.444 e. The van der Waals surface area contributed by atoms with E-state index in [9.17, 15) is 18.0 Å². The van der Waals surface area contributed by atoms with Crippen molar-refractivity contribution in [2.45, 2.75) is 50.3 Å². The van der Waals surface area contributed by atoms with E-state index in [1.807, 2.05) is 4.90 Å². The predicted octanol–water partition coefficient (Wildman–Crippen LogP) is 0.482. The number of alkyl carbamates (subject to hydrolysis) is 1. The molecule has 0 spiro atoms. The number of H-pyrrole nitrogens is 1. The minimum atomic E-state index is -3.58. The third-order valence-electron chi connectivity index (χ3n) is 5.19. The average Bonchev–Trinajstić information content (AvgIpc) is 3.13. The number of rotatable bonds is 6. The van der Waals surface area contributed by atoms with Gasteiger partial charge < -0.3 is 15.0 Å². The summed E-state index contributed by atoms with van der Waals surface area (Å²) in [5.41, 5.74) is 0.0332. The van der Waals surface area contributed by atoms with Crippen LogP contribution in [0.5, 0.6) is 0 Å². The van der Waals surface area contributed by atoms with Crippen LogP contribution in [-0.2, 0) is 14.8 Å². The molecule has 0 radical (unpaired) electrons. The molecule has 1 atom stereocenters. The number of hydrogen-bond acceptors (Lipinski definition) is 8. The number of hydrogen-bond donors (Lipinski definition) is 3. The first-order valence-electron chi connectivity index (χ1n) is 9.59. The summed E-state index contributed by atoms with van der Waals surface area (Å²) in [6.45, 7) is 0.989. The fourth-order valence-electron chi connectivity index (χ4n) is 3.73. The summed E-state index contributed by atoms with van der Waals surface area (Å²) in [7, 11) is -3.58. The van der Waals surface area contributed by atoms with E-state index in [0.717, 1.165) is 0 Å². The molecule has 11 nitrogen and oxygen atoms in total. The zero-order chi connectivity index (χ0) is 21.7. The number of anilines is 1. The maximum atomic E-state index is 12.2. The molecule has 1 aliphatic carbocycles. The van der Waals surface area contributed by atoms with Crippen LogP contribution in [0.2, 0.25) is 5.02 Å². The summed E-state index contributed by atoms with van der Waals surface area (Å²) in [5, 5.41) is 17.4. The lowest BCUT2D eigenvalue weighted by molar-refractivity contribution is 0.102. The number of aromatic nitrogens is 2. The van der Waals surface area contributed by atoms with Crippen molar-refractivity contribution < 1.29 is 17.9 Å². The van der Waals surface area contributed by atoms with Crippen molar-refractivity contribution in [1.29, 1.82) is 5.26 Å². The molecule has 3 N–H and O–H groups in total. The van der Waals surface area contributed by atoms with Crippen molar-refractivity contribution >= 4 is 33.4 Å². The highest BCUT2D eigenvalue weighted by Gasteiger charge is 2.30. The Hall–Kier alpha value is -2.36. The number of aromatic amines is 1. The van der Waals surface area contributed by atoms with Gasteiger partial charge in [0.15, 0.2) is 5.75 Å². The zero-order valence-electron chi connectivity index (χ0n) is 16.1. The van der Waals surface area contributed by atoms with E-state index in [4.69, 9.17) is 21.6 Å². The van der Waals surface area contributed by atoms with Gasteiger partial charge in [-0.25, -0.2) is 23.0 Å². The Morgan fingerprint density at radius 2 is 2.03 bits per heavy atom. The van der Waals surface area contributed by atoms with Crippen LogP contribution >= 0.6 is 11.6 Å². The molecule has 1 aromatic rings. The molecule has 2 aliphatic rings. The smallest absolute Gasteiger partial charge is 0.407 e. The van der Waals surface area contributed by atoms with E-state index < -0.39 is 27.4 Å². The molecule has 1 saturated heterocycles. The van der Waals surface area contributed by atoms with Crippen molar-refractivity contribution in [3.8, 4) is 6.07 Å². The van der Waals surface area contributed by atoms with E-state index in [-0.39, 0.29) is 23.2 Å². The normalized spacial score (nSPS) is 24.3. The Morgan fingerprint density at radius 3 is 2.73 bits per heavy atom. The second-order valence-electron chi connectivity index (χ2n) is 7.39. The first kappa shape index (κ1) is 22.3. The van der Waals surface area contributed by atoms with E-state index in [1.54, 1.807) is 6.07 Å². The summed E-state index contributed by atoms with van der Waals surface area (Å²) >= 11 is 6.02. The van der Waals surface area contributed by atoms with E-state index in [0.29, 0.717) is 50.9 Å². The molecule has 0 bridgehead atoms. The summed E-state index contributed by atoms with van der Waals surface area (Å²) in [6, 6.07) is 1.30. The minimum Gasteiger partial charge on any atom is -0.444 e. The highest BCUT2D eigenvalue weighted by Crippen LogP contribution is 2.26. The van der Waals surface area contributed by atoms with Crippen molar-refractivity contribution in [2.75, 3.05) is 23.7 Å². The summed E-state index contributed by atoms with van der Waals surface area (Å²) in [6.07, 6.45) is 3.57. The molecule has 2 fully saturated rings. The van der Waals surface area contributed by atoms with E-state index >= 15 is 0 Å². The molecule has 1 aliphatic heterocycles.